The summed E-state index contributed by atoms with van der Waals surface area (Å²) in [6, 6.07) is 12.4. The van der Waals surface area contributed by atoms with E-state index >= 15 is 0 Å². The molecule has 1 saturated carbocycles. The Morgan fingerprint density at radius 3 is 2.62 bits per heavy atom. The SMILES string of the molecule is CC(C)CNS(=O)(=O)c1cc2c(c3cnc(C4CC4)cc13)C(N(C(N)=O)C1COc3ccccc3C1)CC2NC(=O)c1cccnc1. The van der Waals surface area contributed by atoms with E-state index in [-0.39, 0.29) is 42.2 Å². The fourth-order valence-corrected chi connectivity index (χ4v) is 8.30. The standard InChI is InChI=1S/C35H38N6O5S/c1-20(2)16-39-47(44,45)32-14-26-29(40-34(42)23-7-5-11-37-17-23)15-30(33(26)27-18-38-28(13-25(27)32)21-9-10-21)41(35(36)43)24-12-22-6-3-4-8-31(22)46-19-24/h3-8,11,13-14,17-18,20-21,24,29-30,39H,9-10,12,15-16,19H2,1-2H3,(H2,36,43)(H,40,42). The average Bonchev–Trinajstić information content (AvgIpc) is 3.86. The van der Waals surface area contributed by atoms with Crippen LogP contribution in [0.25, 0.3) is 10.8 Å². The maximum atomic E-state index is 14.0. The Morgan fingerprint density at radius 1 is 1.09 bits per heavy atom. The van der Waals surface area contributed by atoms with Crippen LogP contribution in [0.4, 0.5) is 4.79 Å². The van der Waals surface area contributed by atoms with Crippen molar-refractivity contribution in [3.8, 4) is 5.75 Å². The first-order valence-corrected chi connectivity index (χ1v) is 17.5. The van der Waals surface area contributed by atoms with E-state index in [1.54, 1.807) is 35.5 Å². The molecule has 47 heavy (non-hydrogen) atoms. The molecule has 1 aliphatic heterocycles. The number of hydrogen-bond donors (Lipinski definition) is 3. The van der Waals surface area contributed by atoms with Gasteiger partial charge in [-0.3, -0.25) is 14.8 Å². The molecule has 0 bridgehead atoms. The predicted octanol–water partition coefficient (Wildman–Crippen LogP) is 4.74. The zero-order valence-electron chi connectivity index (χ0n) is 26.3. The van der Waals surface area contributed by atoms with Crippen molar-refractivity contribution in [2.24, 2.45) is 11.7 Å². The number of para-hydroxylation sites is 1. The number of urea groups is 1. The fourth-order valence-electron chi connectivity index (χ4n) is 6.86. The Balaban J connectivity index is 1.39. The number of amides is 3. The number of pyridine rings is 2. The summed E-state index contributed by atoms with van der Waals surface area (Å²) in [5.74, 6) is 0.792. The monoisotopic (exact) mass is 654 g/mol. The van der Waals surface area contributed by atoms with Crippen molar-refractivity contribution < 1.29 is 22.7 Å². The van der Waals surface area contributed by atoms with Gasteiger partial charge in [-0.25, -0.2) is 17.9 Å². The van der Waals surface area contributed by atoms with Crippen molar-refractivity contribution in [1.82, 2.24) is 24.9 Å². The summed E-state index contributed by atoms with van der Waals surface area (Å²) in [4.78, 5) is 37.5. The largest absolute Gasteiger partial charge is 0.491 e. The van der Waals surface area contributed by atoms with Gasteiger partial charge in [0.2, 0.25) is 10.0 Å². The zero-order chi connectivity index (χ0) is 32.9. The fraction of sp³-hybridized carbons (Fsp3) is 0.371. The molecule has 1 fully saturated rings. The number of carbonyl (C=O) groups is 2. The Morgan fingerprint density at radius 2 is 1.89 bits per heavy atom. The molecule has 2 aliphatic carbocycles. The van der Waals surface area contributed by atoms with Gasteiger partial charge in [-0.05, 0) is 78.6 Å². The second-order valence-corrected chi connectivity index (χ2v) is 14.8. The molecule has 7 rings (SSSR count). The Kier molecular flexibility index (Phi) is 8.09. The highest BCUT2D eigenvalue weighted by Gasteiger charge is 2.43. The van der Waals surface area contributed by atoms with Crippen LogP contribution in [-0.2, 0) is 16.4 Å². The Labute approximate surface area is 274 Å². The Hall–Kier alpha value is -4.55. The maximum absolute atomic E-state index is 14.0. The summed E-state index contributed by atoms with van der Waals surface area (Å²) in [6.07, 6.45) is 7.61. The molecule has 0 radical (unpaired) electrons. The lowest BCUT2D eigenvalue weighted by Gasteiger charge is -2.38. The van der Waals surface area contributed by atoms with E-state index in [0.29, 0.717) is 28.3 Å². The maximum Gasteiger partial charge on any atom is 0.315 e. The van der Waals surface area contributed by atoms with Gasteiger partial charge in [-0.1, -0.05) is 32.0 Å². The van der Waals surface area contributed by atoms with E-state index < -0.39 is 34.2 Å². The molecule has 4 aromatic rings. The number of carbonyl (C=O) groups excluding carboxylic acids is 2. The minimum atomic E-state index is -3.96. The molecule has 11 nitrogen and oxygen atoms in total. The van der Waals surface area contributed by atoms with E-state index in [0.717, 1.165) is 35.4 Å². The topological polar surface area (TPSA) is 157 Å². The van der Waals surface area contributed by atoms with Crippen LogP contribution in [0.3, 0.4) is 0 Å². The summed E-state index contributed by atoms with van der Waals surface area (Å²) in [6.45, 7) is 4.40. The van der Waals surface area contributed by atoms with Crippen LogP contribution >= 0.6 is 0 Å². The van der Waals surface area contributed by atoms with Gasteiger partial charge in [0.05, 0.1) is 28.6 Å². The lowest BCUT2D eigenvalue weighted by Crippen LogP contribution is -2.50. The van der Waals surface area contributed by atoms with Gasteiger partial charge in [0.1, 0.15) is 12.4 Å². The highest BCUT2D eigenvalue weighted by Crippen LogP contribution is 2.49. The average molecular weight is 655 g/mol. The zero-order valence-corrected chi connectivity index (χ0v) is 27.2. The van der Waals surface area contributed by atoms with Gasteiger partial charge in [-0.2, -0.15) is 0 Å². The highest BCUT2D eigenvalue weighted by molar-refractivity contribution is 7.89. The van der Waals surface area contributed by atoms with E-state index in [4.69, 9.17) is 15.5 Å². The molecule has 0 spiro atoms. The molecule has 244 valence electrons. The molecule has 3 atom stereocenters. The molecule has 12 heteroatoms. The molecular weight excluding hydrogens is 616 g/mol. The van der Waals surface area contributed by atoms with E-state index in [1.165, 1.54) is 6.20 Å². The van der Waals surface area contributed by atoms with Crippen molar-refractivity contribution in [3.63, 3.8) is 0 Å². The van der Waals surface area contributed by atoms with Crippen molar-refractivity contribution in [3.05, 3.63) is 95.1 Å². The van der Waals surface area contributed by atoms with Crippen molar-refractivity contribution in [2.45, 2.75) is 68.5 Å². The summed E-state index contributed by atoms with van der Waals surface area (Å²) in [5, 5.41) is 4.25. The number of nitrogens with one attached hydrogen (secondary N) is 2. The number of rotatable bonds is 9. The molecule has 3 unspecified atom stereocenters. The molecule has 3 amide bonds. The normalized spacial score (nSPS) is 20.4. The number of hydrogen-bond acceptors (Lipinski definition) is 7. The van der Waals surface area contributed by atoms with E-state index in [9.17, 15) is 18.0 Å². The Bertz CT molecular complexity index is 1960. The van der Waals surface area contributed by atoms with Gasteiger partial charge in [0.15, 0.2) is 0 Å². The lowest BCUT2D eigenvalue weighted by atomic mass is 9.95. The smallest absolute Gasteiger partial charge is 0.315 e. The van der Waals surface area contributed by atoms with E-state index in [1.807, 2.05) is 44.2 Å². The van der Waals surface area contributed by atoms with Crippen molar-refractivity contribution >= 4 is 32.7 Å². The first-order valence-electron chi connectivity index (χ1n) is 16.1. The number of sulfonamides is 1. The van der Waals surface area contributed by atoms with Crippen LogP contribution in [0, 0.1) is 5.92 Å². The van der Waals surface area contributed by atoms with Crippen LogP contribution in [0.5, 0.6) is 5.75 Å². The van der Waals surface area contributed by atoms with Gasteiger partial charge < -0.3 is 20.7 Å². The number of ether oxygens (including phenoxy) is 1. The number of aromatic nitrogens is 2. The summed E-state index contributed by atoms with van der Waals surface area (Å²) >= 11 is 0. The number of nitrogens with two attached hydrogens (primary N) is 1. The lowest BCUT2D eigenvalue weighted by molar-refractivity contribution is 0.0910. The number of benzene rings is 2. The molecule has 0 saturated heterocycles. The number of nitrogens with zero attached hydrogens (tertiary/aromatic N) is 3. The second kappa shape index (κ2) is 12.2. The quantitative estimate of drug-likeness (QED) is 0.235. The summed E-state index contributed by atoms with van der Waals surface area (Å²) in [7, 11) is -3.96. The van der Waals surface area contributed by atoms with Crippen molar-refractivity contribution in [2.75, 3.05) is 13.2 Å². The second-order valence-electron chi connectivity index (χ2n) is 13.1. The third-order valence-corrected chi connectivity index (χ3v) is 10.7. The molecule has 2 aromatic carbocycles. The van der Waals surface area contributed by atoms with Crippen LogP contribution in [-0.4, -0.2) is 54.4 Å². The molecular formula is C35H38N6O5S. The first kappa shape index (κ1) is 31.1. The number of fused-ring (bicyclic) bond motifs is 4. The molecule has 3 aliphatic rings. The van der Waals surface area contributed by atoms with Gasteiger partial charge in [0.25, 0.3) is 5.91 Å². The van der Waals surface area contributed by atoms with Crippen LogP contribution in [0.15, 0.2) is 72.0 Å². The molecule has 3 heterocycles. The van der Waals surface area contributed by atoms with Crippen LogP contribution < -0.4 is 20.5 Å². The third-order valence-electron chi connectivity index (χ3n) is 9.28. The minimum absolute atomic E-state index is 0.0945. The van der Waals surface area contributed by atoms with Crippen LogP contribution in [0.1, 0.15) is 83.9 Å². The minimum Gasteiger partial charge on any atom is -0.491 e. The van der Waals surface area contributed by atoms with E-state index in [2.05, 4.69) is 15.0 Å². The summed E-state index contributed by atoms with van der Waals surface area (Å²) in [5.41, 5.74) is 9.67. The first-order chi connectivity index (χ1) is 22.6. The number of primary amides is 1. The third kappa shape index (κ3) is 6.03. The highest BCUT2D eigenvalue weighted by atomic mass is 32.2. The van der Waals surface area contributed by atoms with Gasteiger partial charge >= 0.3 is 6.03 Å². The van der Waals surface area contributed by atoms with Gasteiger partial charge in [0, 0.05) is 47.5 Å². The van der Waals surface area contributed by atoms with Crippen molar-refractivity contribution in [1.29, 1.82) is 0 Å². The van der Waals surface area contributed by atoms with Gasteiger partial charge in [-0.15, -0.1) is 0 Å². The molecule has 4 N–H and O–H groups in total. The predicted molar refractivity (Wildman–Crippen MR) is 176 cm³/mol. The summed E-state index contributed by atoms with van der Waals surface area (Å²) < 4.78 is 36.8. The molecule has 2 aromatic heterocycles. The van der Waals surface area contributed by atoms with Crippen LogP contribution in [0.2, 0.25) is 0 Å².